The molecule has 4 heteroatoms. The van der Waals surface area contributed by atoms with Gasteiger partial charge in [-0.2, -0.15) is 0 Å². The molecule has 0 spiro atoms. The molecule has 0 aromatic heterocycles. The highest BCUT2D eigenvalue weighted by Gasteiger charge is 2.29. The Labute approximate surface area is 65.0 Å². The standard InChI is InChI=1S/C7H13F2NO/c1-7(2,4-5(8)9)6(11)10-3/h5H,4H2,1-3H3,(H,10,11). The smallest absolute Gasteiger partial charge is 0.239 e. The Bertz CT molecular complexity index is 145. The molecular weight excluding hydrogens is 152 g/mol. The molecule has 0 fully saturated rings. The summed E-state index contributed by atoms with van der Waals surface area (Å²) in [5.41, 5.74) is -0.969. The summed E-state index contributed by atoms with van der Waals surface area (Å²) in [4.78, 5) is 10.9. The third-order valence-corrected chi connectivity index (χ3v) is 1.51. The van der Waals surface area contributed by atoms with Gasteiger partial charge in [0, 0.05) is 18.9 Å². The first-order chi connectivity index (χ1) is 4.90. The summed E-state index contributed by atoms with van der Waals surface area (Å²) in [6.45, 7) is 3.00. The van der Waals surface area contributed by atoms with E-state index in [4.69, 9.17) is 0 Å². The van der Waals surface area contributed by atoms with E-state index in [0.29, 0.717) is 0 Å². The molecule has 11 heavy (non-hydrogen) atoms. The van der Waals surface area contributed by atoms with E-state index in [1.807, 2.05) is 0 Å². The number of hydrogen-bond donors (Lipinski definition) is 1. The number of halogens is 2. The normalized spacial score (nSPS) is 11.8. The zero-order valence-electron chi connectivity index (χ0n) is 6.95. The van der Waals surface area contributed by atoms with Gasteiger partial charge in [0.15, 0.2) is 0 Å². The van der Waals surface area contributed by atoms with E-state index in [9.17, 15) is 13.6 Å². The number of nitrogens with one attached hydrogen (secondary N) is 1. The van der Waals surface area contributed by atoms with E-state index in [2.05, 4.69) is 5.32 Å². The Morgan fingerprint density at radius 2 is 2.00 bits per heavy atom. The topological polar surface area (TPSA) is 29.1 Å². The molecule has 0 saturated heterocycles. The van der Waals surface area contributed by atoms with Crippen LogP contribution in [0.1, 0.15) is 20.3 Å². The van der Waals surface area contributed by atoms with Crippen LogP contribution in [0.15, 0.2) is 0 Å². The minimum absolute atomic E-state index is 0.349. The quantitative estimate of drug-likeness (QED) is 0.673. The van der Waals surface area contributed by atoms with Crippen LogP contribution in [0.2, 0.25) is 0 Å². The molecular formula is C7H13F2NO. The van der Waals surface area contributed by atoms with Crippen LogP contribution < -0.4 is 5.32 Å². The van der Waals surface area contributed by atoms with Crippen LogP contribution in [0.5, 0.6) is 0 Å². The number of alkyl halides is 2. The van der Waals surface area contributed by atoms with Gasteiger partial charge in [0.05, 0.1) is 0 Å². The maximum atomic E-state index is 11.8. The molecule has 0 aromatic carbocycles. The van der Waals surface area contributed by atoms with E-state index in [0.717, 1.165) is 0 Å². The highest BCUT2D eigenvalue weighted by molar-refractivity contribution is 5.81. The summed E-state index contributed by atoms with van der Waals surface area (Å²) in [5.74, 6) is -0.349. The lowest BCUT2D eigenvalue weighted by Crippen LogP contribution is -2.35. The molecule has 1 amide bonds. The Morgan fingerprint density at radius 1 is 1.55 bits per heavy atom. The lowest BCUT2D eigenvalue weighted by atomic mass is 9.88. The molecule has 0 aliphatic heterocycles. The summed E-state index contributed by atoms with van der Waals surface area (Å²) in [6.07, 6.45) is -2.82. The fourth-order valence-corrected chi connectivity index (χ4v) is 0.817. The molecule has 0 aliphatic carbocycles. The highest BCUT2D eigenvalue weighted by Crippen LogP contribution is 2.24. The third kappa shape index (κ3) is 3.30. The zero-order valence-corrected chi connectivity index (χ0v) is 6.95. The largest absolute Gasteiger partial charge is 0.359 e. The van der Waals surface area contributed by atoms with Crippen LogP contribution in [0, 0.1) is 5.41 Å². The van der Waals surface area contributed by atoms with Gasteiger partial charge in [0.2, 0.25) is 12.3 Å². The van der Waals surface area contributed by atoms with E-state index < -0.39 is 18.3 Å². The number of amides is 1. The van der Waals surface area contributed by atoms with Crippen LogP contribution in [0.3, 0.4) is 0 Å². The van der Waals surface area contributed by atoms with Gasteiger partial charge in [-0.15, -0.1) is 0 Å². The zero-order chi connectivity index (χ0) is 9.07. The minimum Gasteiger partial charge on any atom is -0.359 e. The lowest BCUT2D eigenvalue weighted by Gasteiger charge is -2.21. The van der Waals surface area contributed by atoms with Gasteiger partial charge in [0.1, 0.15) is 0 Å². The first kappa shape index (κ1) is 10.3. The van der Waals surface area contributed by atoms with Crippen molar-refractivity contribution in [2.24, 2.45) is 5.41 Å². The van der Waals surface area contributed by atoms with Gasteiger partial charge in [0.25, 0.3) is 0 Å². The Balaban J connectivity index is 4.09. The molecule has 0 aliphatic rings. The van der Waals surface area contributed by atoms with Crippen molar-refractivity contribution < 1.29 is 13.6 Å². The second kappa shape index (κ2) is 3.64. The monoisotopic (exact) mass is 165 g/mol. The van der Waals surface area contributed by atoms with Crippen LogP contribution in [0.25, 0.3) is 0 Å². The fraction of sp³-hybridized carbons (Fsp3) is 0.857. The number of hydrogen-bond acceptors (Lipinski definition) is 1. The summed E-state index contributed by atoms with van der Waals surface area (Å²) >= 11 is 0. The third-order valence-electron chi connectivity index (χ3n) is 1.51. The van der Waals surface area contributed by atoms with Gasteiger partial charge in [-0.25, -0.2) is 8.78 Å². The average Bonchev–Trinajstić information content (AvgIpc) is 1.83. The van der Waals surface area contributed by atoms with Gasteiger partial charge < -0.3 is 5.32 Å². The molecule has 0 unspecified atom stereocenters. The van der Waals surface area contributed by atoms with Crippen molar-refractivity contribution in [2.75, 3.05) is 7.05 Å². The predicted molar refractivity (Wildman–Crippen MR) is 38.5 cm³/mol. The minimum atomic E-state index is -2.43. The van der Waals surface area contributed by atoms with Crippen molar-refractivity contribution in [1.82, 2.24) is 5.32 Å². The molecule has 0 heterocycles. The Kier molecular flexibility index (Phi) is 3.42. The van der Waals surface area contributed by atoms with Crippen molar-refractivity contribution in [1.29, 1.82) is 0 Å². The summed E-state index contributed by atoms with van der Waals surface area (Å²) < 4.78 is 23.7. The van der Waals surface area contributed by atoms with Crippen molar-refractivity contribution in [3.8, 4) is 0 Å². The lowest BCUT2D eigenvalue weighted by molar-refractivity contribution is -0.130. The predicted octanol–water partition coefficient (Wildman–Crippen LogP) is 1.41. The van der Waals surface area contributed by atoms with Crippen LogP contribution in [-0.2, 0) is 4.79 Å². The van der Waals surface area contributed by atoms with E-state index >= 15 is 0 Å². The van der Waals surface area contributed by atoms with Crippen LogP contribution >= 0.6 is 0 Å². The van der Waals surface area contributed by atoms with E-state index in [1.54, 1.807) is 0 Å². The van der Waals surface area contributed by atoms with E-state index in [1.165, 1.54) is 20.9 Å². The molecule has 0 atom stereocenters. The molecule has 0 radical (unpaired) electrons. The fourth-order valence-electron chi connectivity index (χ4n) is 0.817. The van der Waals surface area contributed by atoms with Crippen molar-refractivity contribution in [3.63, 3.8) is 0 Å². The highest BCUT2D eigenvalue weighted by atomic mass is 19.3. The maximum absolute atomic E-state index is 11.8. The van der Waals surface area contributed by atoms with Gasteiger partial charge in [-0.05, 0) is 0 Å². The second-order valence-electron chi connectivity index (χ2n) is 3.06. The van der Waals surface area contributed by atoms with Crippen molar-refractivity contribution in [3.05, 3.63) is 0 Å². The van der Waals surface area contributed by atoms with E-state index in [-0.39, 0.29) is 5.91 Å². The Hall–Kier alpha value is -0.670. The number of rotatable bonds is 3. The van der Waals surface area contributed by atoms with Crippen LogP contribution in [-0.4, -0.2) is 19.4 Å². The number of carbonyl (C=O) groups is 1. The van der Waals surface area contributed by atoms with Gasteiger partial charge in [-0.1, -0.05) is 13.8 Å². The summed E-state index contributed by atoms with van der Waals surface area (Å²) in [5, 5.41) is 2.34. The number of carbonyl (C=O) groups excluding carboxylic acids is 1. The maximum Gasteiger partial charge on any atom is 0.239 e. The second-order valence-corrected chi connectivity index (χ2v) is 3.06. The summed E-state index contributed by atoms with van der Waals surface area (Å²) in [6, 6.07) is 0. The first-order valence-corrected chi connectivity index (χ1v) is 3.40. The molecule has 0 rings (SSSR count). The summed E-state index contributed by atoms with van der Waals surface area (Å²) in [7, 11) is 1.44. The molecule has 1 N–H and O–H groups in total. The van der Waals surface area contributed by atoms with Gasteiger partial charge in [-0.3, -0.25) is 4.79 Å². The Morgan fingerprint density at radius 3 is 2.27 bits per heavy atom. The molecule has 2 nitrogen and oxygen atoms in total. The first-order valence-electron chi connectivity index (χ1n) is 3.40. The molecule has 0 saturated carbocycles. The van der Waals surface area contributed by atoms with Crippen molar-refractivity contribution in [2.45, 2.75) is 26.7 Å². The van der Waals surface area contributed by atoms with Crippen LogP contribution in [0.4, 0.5) is 8.78 Å². The molecule has 0 aromatic rings. The van der Waals surface area contributed by atoms with Crippen molar-refractivity contribution >= 4 is 5.91 Å². The van der Waals surface area contributed by atoms with Gasteiger partial charge >= 0.3 is 0 Å². The molecule has 0 bridgehead atoms. The molecule has 66 valence electrons. The average molecular weight is 165 g/mol. The SMILES string of the molecule is CNC(=O)C(C)(C)CC(F)F.